The van der Waals surface area contributed by atoms with Gasteiger partial charge in [0, 0.05) is 38.3 Å². The van der Waals surface area contributed by atoms with Gasteiger partial charge in [-0.15, -0.1) is 0 Å². The number of nitrogens with zero attached hydrogens (tertiary/aromatic N) is 2. The molecule has 0 saturated carbocycles. The molecular weight excluding hydrogens is 258 g/mol. The van der Waals surface area contributed by atoms with E-state index in [1.165, 1.54) is 50.1 Å². The van der Waals surface area contributed by atoms with Crippen LogP contribution in [0.5, 0.6) is 0 Å². The first-order valence-electron chi connectivity index (χ1n) is 8.31. The van der Waals surface area contributed by atoms with Gasteiger partial charge < -0.3 is 15.1 Å². The zero-order valence-corrected chi connectivity index (χ0v) is 14.1. The Kier molecular flexibility index (Phi) is 6.22. The largest absolute Gasteiger partial charge is 0.313 e. The molecule has 0 bridgehead atoms. The lowest BCUT2D eigenvalue weighted by Gasteiger charge is -2.39. The van der Waals surface area contributed by atoms with Crippen molar-refractivity contribution in [2.45, 2.75) is 38.8 Å². The highest BCUT2D eigenvalue weighted by Gasteiger charge is 2.23. The minimum Gasteiger partial charge on any atom is -0.313 e. The molecular formula is C18H31N3. The molecule has 1 aliphatic rings. The number of likely N-dealkylation sites (N-methyl/N-ethyl adjacent to an activating group) is 1. The van der Waals surface area contributed by atoms with E-state index in [2.05, 4.69) is 67.3 Å². The number of piperazine rings is 1. The standard InChI is InChI=1S/C18H31N3/c1-5-16-14-21(13-12-20(16)4)11-10-18(19-3)17-9-7-6-8-15(17)2/h6-9,16,18-19H,5,10-14H2,1-4H3. The zero-order chi connectivity index (χ0) is 15.2. The smallest absolute Gasteiger partial charge is 0.0332 e. The summed E-state index contributed by atoms with van der Waals surface area (Å²) in [6.45, 7) is 9.32. The van der Waals surface area contributed by atoms with Crippen molar-refractivity contribution in [3.8, 4) is 0 Å². The second-order valence-electron chi connectivity index (χ2n) is 6.33. The molecule has 0 spiro atoms. The van der Waals surface area contributed by atoms with E-state index in [9.17, 15) is 0 Å². The third kappa shape index (κ3) is 4.29. The van der Waals surface area contributed by atoms with Crippen molar-refractivity contribution < 1.29 is 0 Å². The average Bonchev–Trinajstić information content (AvgIpc) is 2.51. The molecule has 0 aliphatic carbocycles. The maximum absolute atomic E-state index is 3.50. The van der Waals surface area contributed by atoms with Crippen LogP contribution < -0.4 is 5.32 Å². The lowest BCUT2D eigenvalue weighted by molar-refractivity contribution is 0.0904. The lowest BCUT2D eigenvalue weighted by atomic mass is 9.98. The zero-order valence-electron chi connectivity index (χ0n) is 14.1. The summed E-state index contributed by atoms with van der Waals surface area (Å²) in [6.07, 6.45) is 2.43. The molecule has 3 heteroatoms. The molecule has 0 radical (unpaired) electrons. The van der Waals surface area contributed by atoms with Crippen LogP contribution in [-0.2, 0) is 0 Å². The average molecular weight is 289 g/mol. The van der Waals surface area contributed by atoms with Crippen LogP contribution in [0.1, 0.15) is 36.9 Å². The molecule has 118 valence electrons. The molecule has 1 aromatic rings. The van der Waals surface area contributed by atoms with Crippen molar-refractivity contribution in [2.75, 3.05) is 40.3 Å². The summed E-state index contributed by atoms with van der Waals surface area (Å²) in [4.78, 5) is 5.14. The van der Waals surface area contributed by atoms with Gasteiger partial charge in [0.2, 0.25) is 0 Å². The second-order valence-corrected chi connectivity index (χ2v) is 6.33. The Bertz CT molecular complexity index is 432. The summed E-state index contributed by atoms with van der Waals surface area (Å²) >= 11 is 0. The summed E-state index contributed by atoms with van der Waals surface area (Å²) < 4.78 is 0. The Morgan fingerprint density at radius 2 is 2.05 bits per heavy atom. The van der Waals surface area contributed by atoms with E-state index in [0.717, 1.165) is 6.04 Å². The highest BCUT2D eigenvalue weighted by atomic mass is 15.3. The first kappa shape index (κ1) is 16.5. The highest BCUT2D eigenvalue weighted by Crippen LogP contribution is 2.21. The van der Waals surface area contributed by atoms with Gasteiger partial charge in [-0.05, 0) is 45.0 Å². The molecule has 1 N–H and O–H groups in total. The number of hydrogen-bond donors (Lipinski definition) is 1. The Morgan fingerprint density at radius 3 is 2.71 bits per heavy atom. The second kappa shape index (κ2) is 7.92. The van der Waals surface area contributed by atoms with Gasteiger partial charge in [0.1, 0.15) is 0 Å². The Balaban J connectivity index is 1.90. The van der Waals surface area contributed by atoms with Crippen molar-refractivity contribution in [1.29, 1.82) is 0 Å². The Hall–Kier alpha value is -0.900. The highest BCUT2D eigenvalue weighted by molar-refractivity contribution is 5.28. The van der Waals surface area contributed by atoms with Crippen LogP contribution in [0.3, 0.4) is 0 Å². The third-order valence-corrected chi connectivity index (χ3v) is 4.98. The van der Waals surface area contributed by atoms with E-state index in [-0.39, 0.29) is 0 Å². The van der Waals surface area contributed by atoms with Gasteiger partial charge in [-0.2, -0.15) is 0 Å². The van der Waals surface area contributed by atoms with Crippen LogP contribution in [0.2, 0.25) is 0 Å². The van der Waals surface area contributed by atoms with Crippen LogP contribution in [0, 0.1) is 6.92 Å². The predicted molar refractivity (Wildman–Crippen MR) is 90.7 cm³/mol. The summed E-state index contributed by atoms with van der Waals surface area (Å²) in [5, 5.41) is 3.50. The fourth-order valence-electron chi connectivity index (χ4n) is 3.40. The molecule has 2 atom stereocenters. The normalized spacial score (nSPS) is 22.4. The quantitative estimate of drug-likeness (QED) is 0.868. The molecule has 1 fully saturated rings. The number of benzene rings is 1. The maximum Gasteiger partial charge on any atom is 0.0332 e. The van der Waals surface area contributed by atoms with Crippen molar-refractivity contribution in [2.24, 2.45) is 0 Å². The number of rotatable bonds is 6. The molecule has 1 aromatic carbocycles. The van der Waals surface area contributed by atoms with Crippen LogP contribution in [0.4, 0.5) is 0 Å². The van der Waals surface area contributed by atoms with Gasteiger partial charge in [-0.3, -0.25) is 0 Å². The molecule has 2 rings (SSSR count). The van der Waals surface area contributed by atoms with Crippen LogP contribution in [-0.4, -0.2) is 56.1 Å². The van der Waals surface area contributed by atoms with Gasteiger partial charge >= 0.3 is 0 Å². The molecule has 3 nitrogen and oxygen atoms in total. The summed E-state index contributed by atoms with van der Waals surface area (Å²) in [7, 11) is 4.34. The van der Waals surface area contributed by atoms with E-state index in [1.54, 1.807) is 0 Å². The van der Waals surface area contributed by atoms with Crippen molar-refractivity contribution >= 4 is 0 Å². The minimum atomic E-state index is 0.464. The number of aryl methyl sites for hydroxylation is 1. The molecule has 1 aliphatic heterocycles. The Morgan fingerprint density at radius 1 is 1.29 bits per heavy atom. The molecule has 1 heterocycles. The fraction of sp³-hybridized carbons (Fsp3) is 0.667. The van der Waals surface area contributed by atoms with E-state index < -0.39 is 0 Å². The monoisotopic (exact) mass is 289 g/mol. The SMILES string of the molecule is CCC1CN(CCC(NC)c2ccccc2C)CCN1C. The fourth-order valence-corrected chi connectivity index (χ4v) is 3.40. The van der Waals surface area contributed by atoms with Gasteiger partial charge in [0.25, 0.3) is 0 Å². The van der Waals surface area contributed by atoms with Crippen molar-refractivity contribution in [3.63, 3.8) is 0 Å². The van der Waals surface area contributed by atoms with Crippen molar-refractivity contribution in [1.82, 2.24) is 15.1 Å². The molecule has 0 amide bonds. The van der Waals surface area contributed by atoms with E-state index >= 15 is 0 Å². The molecule has 0 aromatic heterocycles. The van der Waals surface area contributed by atoms with E-state index in [1.807, 2.05) is 0 Å². The maximum atomic E-state index is 3.50. The van der Waals surface area contributed by atoms with Crippen molar-refractivity contribution in [3.05, 3.63) is 35.4 Å². The predicted octanol–water partition coefficient (Wildman–Crippen LogP) is 2.67. The summed E-state index contributed by atoms with van der Waals surface area (Å²) in [6, 6.07) is 9.93. The summed E-state index contributed by atoms with van der Waals surface area (Å²) in [5.41, 5.74) is 2.84. The van der Waals surface area contributed by atoms with Gasteiger partial charge in [-0.1, -0.05) is 31.2 Å². The van der Waals surface area contributed by atoms with E-state index in [0.29, 0.717) is 6.04 Å². The molecule has 2 unspecified atom stereocenters. The first-order chi connectivity index (χ1) is 10.2. The van der Waals surface area contributed by atoms with Crippen LogP contribution in [0.25, 0.3) is 0 Å². The number of hydrogen-bond acceptors (Lipinski definition) is 3. The molecule has 1 saturated heterocycles. The third-order valence-electron chi connectivity index (χ3n) is 4.98. The van der Waals surface area contributed by atoms with E-state index in [4.69, 9.17) is 0 Å². The van der Waals surface area contributed by atoms with Gasteiger partial charge in [0.05, 0.1) is 0 Å². The number of nitrogens with one attached hydrogen (secondary N) is 1. The summed E-state index contributed by atoms with van der Waals surface area (Å²) in [5.74, 6) is 0. The lowest BCUT2D eigenvalue weighted by Crippen LogP contribution is -2.51. The molecule has 21 heavy (non-hydrogen) atoms. The van der Waals surface area contributed by atoms with Gasteiger partial charge in [0.15, 0.2) is 0 Å². The van der Waals surface area contributed by atoms with Gasteiger partial charge in [-0.25, -0.2) is 0 Å². The van der Waals surface area contributed by atoms with Crippen LogP contribution >= 0.6 is 0 Å². The first-order valence-corrected chi connectivity index (χ1v) is 8.31. The minimum absolute atomic E-state index is 0.464. The topological polar surface area (TPSA) is 18.5 Å². The van der Waals surface area contributed by atoms with Crippen LogP contribution in [0.15, 0.2) is 24.3 Å². The Labute approximate surface area is 130 Å².